The van der Waals surface area contributed by atoms with Crippen LogP contribution in [-0.2, 0) is 16.1 Å². The Morgan fingerprint density at radius 2 is 1.89 bits per heavy atom. The minimum atomic E-state index is -0.725. The molecule has 1 aromatic carbocycles. The van der Waals surface area contributed by atoms with Gasteiger partial charge in [-0.25, -0.2) is 10.1 Å². The van der Waals surface area contributed by atoms with E-state index in [-0.39, 0.29) is 30.0 Å². The lowest BCUT2D eigenvalue weighted by Gasteiger charge is -2.31. The van der Waals surface area contributed by atoms with Crippen LogP contribution in [0.15, 0.2) is 53.1 Å². The SMILES string of the molecule is O=C1NC2=CN(C3CCOCC3)NC2C(=O)NCCCOc2ccc(=O)n(n2)Cc2cccc1c2. The lowest BCUT2D eigenvalue weighted by atomic mass is 10.1. The Hall–Kier alpha value is -3.70. The molecule has 0 spiro atoms. The van der Waals surface area contributed by atoms with Crippen molar-refractivity contribution in [3.63, 3.8) is 0 Å². The second-order valence-electron chi connectivity index (χ2n) is 8.71. The van der Waals surface area contributed by atoms with E-state index in [0.29, 0.717) is 49.9 Å². The van der Waals surface area contributed by atoms with Gasteiger partial charge in [0.2, 0.25) is 11.8 Å². The third kappa shape index (κ3) is 5.36. The summed E-state index contributed by atoms with van der Waals surface area (Å²) in [5.74, 6) is -0.256. The highest BCUT2D eigenvalue weighted by Crippen LogP contribution is 2.20. The maximum atomic E-state index is 13.1. The monoisotopic (exact) mass is 480 g/mol. The summed E-state index contributed by atoms with van der Waals surface area (Å²) in [6.07, 6.45) is 4.00. The Morgan fingerprint density at radius 1 is 1.03 bits per heavy atom. The van der Waals surface area contributed by atoms with Crippen molar-refractivity contribution in [3.05, 3.63) is 69.8 Å². The second-order valence-corrected chi connectivity index (χ2v) is 8.71. The van der Waals surface area contributed by atoms with Crippen LogP contribution < -0.4 is 26.4 Å². The van der Waals surface area contributed by atoms with Crippen molar-refractivity contribution in [3.8, 4) is 5.88 Å². The largest absolute Gasteiger partial charge is 0.477 e. The first-order chi connectivity index (χ1) is 17.1. The summed E-state index contributed by atoms with van der Waals surface area (Å²) in [5.41, 5.74) is 4.61. The summed E-state index contributed by atoms with van der Waals surface area (Å²) >= 11 is 0. The molecule has 1 fully saturated rings. The molecule has 0 aliphatic carbocycles. The molecule has 4 bridgehead atoms. The van der Waals surface area contributed by atoms with Gasteiger partial charge in [-0.05, 0) is 37.0 Å². The zero-order chi connectivity index (χ0) is 24.2. The van der Waals surface area contributed by atoms with Crippen LogP contribution in [0.25, 0.3) is 0 Å². The fourth-order valence-electron chi connectivity index (χ4n) is 4.33. The predicted octanol–water partition coefficient (Wildman–Crippen LogP) is 0.129. The highest BCUT2D eigenvalue weighted by molar-refractivity contribution is 5.97. The van der Waals surface area contributed by atoms with Gasteiger partial charge in [-0.1, -0.05) is 12.1 Å². The quantitative estimate of drug-likeness (QED) is 0.526. The summed E-state index contributed by atoms with van der Waals surface area (Å²) in [6, 6.07) is 9.36. The number of hydrogen-bond donors (Lipinski definition) is 3. The number of fused-ring (bicyclic) bond motifs is 5. The third-order valence-electron chi connectivity index (χ3n) is 6.21. The standard InChI is InChI=1S/C24H28N6O5/c31-21-6-5-20-27-30(21)14-16-3-1-4-17(13-16)23(32)26-19-15-29(18-7-11-34-12-8-18)28-22(19)24(33)25-9-2-10-35-20/h1,3-6,13,15,18,22,28H,2,7-12,14H2,(H,25,33)(H,26,32). The van der Waals surface area contributed by atoms with E-state index in [4.69, 9.17) is 9.47 Å². The van der Waals surface area contributed by atoms with E-state index in [9.17, 15) is 14.4 Å². The molecule has 1 saturated heterocycles. The first-order valence-corrected chi connectivity index (χ1v) is 11.8. The molecule has 0 radical (unpaired) electrons. The normalized spacial score (nSPS) is 21.8. The zero-order valence-electron chi connectivity index (χ0n) is 19.2. The summed E-state index contributed by atoms with van der Waals surface area (Å²) in [6.45, 7) is 2.22. The van der Waals surface area contributed by atoms with Gasteiger partial charge in [-0.2, -0.15) is 0 Å². The molecular formula is C24H28N6O5. The molecule has 11 nitrogen and oxygen atoms in total. The molecule has 35 heavy (non-hydrogen) atoms. The average Bonchev–Trinajstić information content (AvgIpc) is 3.29. The number of rotatable bonds is 1. The Bertz CT molecular complexity index is 1190. The molecule has 1 atom stereocenters. The lowest BCUT2D eigenvalue weighted by molar-refractivity contribution is -0.123. The topological polar surface area (TPSA) is 127 Å². The molecule has 3 aliphatic rings. The molecule has 3 aliphatic heterocycles. The van der Waals surface area contributed by atoms with Gasteiger partial charge in [-0.3, -0.25) is 14.4 Å². The summed E-state index contributed by atoms with van der Waals surface area (Å²) in [5, 5.41) is 12.0. The van der Waals surface area contributed by atoms with E-state index in [1.807, 2.05) is 11.1 Å². The first-order valence-electron chi connectivity index (χ1n) is 11.8. The van der Waals surface area contributed by atoms with Crippen LogP contribution in [0.2, 0.25) is 0 Å². The van der Waals surface area contributed by atoms with Crippen LogP contribution in [0, 0.1) is 0 Å². The average molecular weight is 481 g/mol. The van der Waals surface area contributed by atoms with Crippen molar-refractivity contribution < 1.29 is 19.1 Å². The molecule has 11 heteroatoms. The number of aromatic nitrogens is 2. The van der Waals surface area contributed by atoms with Gasteiger partial charge in [0.25, 0.3) is 11.5 Å². The van der Waals surface area contributed by atoms with Gasteiger partial charge in [0.15, 0.2) is 0 Å². The number of benzene rings is 1. The van der Waals surface area contributed by atoms with E-state index in [2.05, 4.69) is 21.2 Å². The van der Waals surface area contributed by atoms with Crippen LogP contribution in [0.4, 0.5) is 0 Å². The Kier molecular flexibility index (Phi) is 6.77. The molecule has 184 valence electrons. The molecule has 1 unspecified atom stereocenters. The van der Waals surface area contributed by atoms with Crippen LogP contribution >= 0.6 is 0 Å². The van der Waals surface area contributed by atoms with Crippen molar-refractivity contribution in [2.75, 3.05) is 26.4 Å². The van der Waals surface area contributed by atoms with Crippen LogP contribution in [0.3, 0.4) is 0 Å². The fourth-order valence-corrected chi connectivity index (χ4v) is 4.33. The highest BCUT2D eigenvalue weighted by atomic mass is 16.5. The van der Waals surface area contributed by atoms with E-state index in [1.165, 1.54) is 16.8 Å². The van der Waals surface area contributed by atoms with Crippen molar-refractivity contribution in [2.24, 2.45) is 0 Å². The van der Waals surface area contributed by atoms with E-state index in [0.717, 1.165) is 18.4 Å². The molecule has 2 aromatic rings. The van der Waals surface area contributed by atoms with Gasteiger partial charge in [-0.15, -0.1) is 5.10 Å². The Balaban J connectivity index is 1.43. The number of hydrogen-bond acceptors (Lipinski definition) is 8. The maximum absolute atomic E-state index is 13.1. The predicted molar refractivity (Wildman–Crippen MR) is 125 cm³/mol. The number of amides is 2. The second kappa shape index (κ2) is 10.3. The van der Waals surface area contributed by atoms with Gasteiger partial charge in [0, 0.05) is 49.7 Å². The Labute approximate surface area is 202 Å². The van der Waals surface area contributed by atoms with Crippen LogP contribution in [0.5, 0.6) is 5.88 Å². The van der Waals surface area contributed by atoms with E-state index in [1.54, 1.807) is 24.4 Å². The van der Waals surface area contributed by atoms with Crippen molar-refractivity contribution in [2.45, 2.75) is 37.9 Å². The third-order valence-corrected chi connectivity index (χ3v) is 6.21. The van der Waals surface area contributed by atoms with Crippen molar-refractivity contribution in [1.29, 1.82) is 0 Å². The number of nitrogens with one attached hydrogen (secondary N) is 3. The fraction of sp³-hybridized carbons (Fsp3) is 0.417. The van der Waals surface area contributed by atoms with Crippen molar-refractivity contribution >= 4 is 11.8 Å². The molecular weight excluding hydrogens is 452 g/mol. The minimum Gasteiger partial charge on any atom is -0.477 e. The number of ether oxygens (including phenoxy) is 2. The van der Waals surface area contributed by atoms with E-state index < -0.39 is 6.04 Å². The number of hydrazine groups is 1. The zero-order valence-corrected chi connectivity index (χ0v) is 19.2. The van der Waals surface area contributed by atoms with Gasteiger partial charge < -0.3 is 25.1 Å². The number of nitrogens with zero attached hydrogens (tertiary/aromatic N) is 3. The van der Waals surface area contributed by atoms with Crippen LogP contribution in [0.1, 0.15) is 35.2 Å². The highest BCUT2D eigenvalue weighted by Gasteiger charge is 2.34. The maximum Gasteiger partial charge on any atom is 0.267 e. The van der Waals surface area contributed by atoms with Gasteiger partial charge in [0.1, 0.15) is 6.04 Å². The summed E-state index contributed by atoms with van der Waals surface area (Å²) in [4.78, 5) is 38.5. The molecule has 4 heterocycles. The molecule has 0 saturated carbocycles. The Morgan fingerprint density at radius 3 is 2.74 bits per heavy atom. The van der Waals surface area contributed by atoms with Gasteiger partial charge in [0.05, 0.1) is 18.8 Å². The smallest absolute Gasteiger partial charge is 0.267 e. The first kappa shape index (κ1) is 23.1. The lowest BCUT2D eigenvalue weighted by Crippen LogP contribution is -2.51. The molecule has 2 amide bonds. The summed E-state index contributed by atoms with van der Waals surface area (Å²) in [7, 11) is 0. The minimum absolute atomic E-state index is 0.169. The molecule has 5 rings (SSSR count). The number of carbonyl (C=O) groups excluding carboxylic acids is 2. The summed E-state index contributed by atoms with van der Waals surface area (Å²) < 4.78 is 12.4. The molecule has 3 N–H and O–H groups in total. The van der Waals surface area contributed by atoms with E-state index >= 15 is 0 Å². The van der Waals surface area contributed by atoms with Crippen LogP contribution in [-0.4, -0.2) is 65.1 Å². The van der Waals surface area contributed by atoms with Crippen molar-refractivity contribution in [1.82, 2.24) is 30.8 Å². The molecule has 1 aromatic heterocycles. The number of carbonyl (C=O) groups is 2. The van der Waals surface area contributed by atoms with Gasteiger partial charge >= 0.3 is 0 Å².